The molecule has 0 atom stereocenters. The number of anilines is 1. The molecule has 0 saturated heterocycles. The van der Waals surface area contributed by atoms with Crippen LogP contribution in [-0.4, -0.2) is 29.0 Å². The lowest BCUT2D eigenvalue weighted by atomic mass is 10.2. The quantitative estimate of drug-likeness (QED) is 0.761. The molecule has 0 saturated carbocycles. The maximum Gasteiger partial charge on any atom is 0.262 e. The van der Waals surface area contributed by atoms with Crippen molar-refractivity contribution in [3.63, 3.8) is 0 Å². The van der Waals surface area contributed by atoms with E-state index >= 15 is 0 Å². The zero-order valence-electron chi connectivity index (χ0n) is 12.0. The van der Waals surface area contributed by atoms with E-state index in [1.165, 1.54) is 19.1 Å². The molecule has 0 radical (unpaired) electrons. The molecule has 2 N–H and O–H groups in total. The van der Waals surface area contributed by atoms with Crippen LogP contribution in [0.25, 0.3) is 11.4 Å². The van der Waals surface area contributed by atoms with Crippen LogP contribution in [0.15, 0.2) is 47.4 Å². The predicted octanol–water partition coefficient (Wildman–Crippen LogP) is 2.12. The molecular formula is C14H12FN5O2S. The summed E-state index contributed by atoms with van der Waals surface area (Å²) in [5.41, 5.74) is 1.40. The summed E-state index contributed by atoms with van der Waals surface area (Å²) < 4.78 is 40.3. The number of aromatic nitrogens is 4. The predicted molar refractivity (Wildman–Crippen MR) is 81.6 cm³/mol. The summed E-state index contributed by atoms with van der Waals surface area (Å²) in [6.45, 7) is 1.54. The van der Waals surface area contributed by atoms with Gasteiger partial charge in [-0.25, -0.2) is 12.8 Å². The first-order valence-corrected chi connectivity index (χ1v) is 8.07. The van der Waals surface area contributed by atoms with Crippen LogP contribution in [0.3, 0.4) is 0 Å². The Labute approximate surface area is 131 Å². The number of hydrogen-bond acceptors (Lipinski definition) is 5. The molecular weight excluding hydrogens is 321 g/mol. The highest BCUT2D eigenvalue weighted by molar-refractivity contribution is 7.92. The lowest BCUT2D eigenvalue weighted by molar-refractivity contribution is 0.598. The van der Waals surface area contributed by atoms with Gasteiger partial charge < -0.3 is 0 Å². The molecule has 0 unspecified atom stereocenters. The third-order valence-corrected chi connectivity index (χ3v) is 4.71. The maximum absolute atomic E-state index is 13.1. The molecule has 2 aromatic carbocycles. The number of nitrogens with one attached hydrogen (secondary N) is 2. The highest BCUT2D eigenvalue weighted by atomic mass is 32.2. The molecule has 0 aliphatic rings. The molecule has 3 rings (SSSR count). The highest BCUT2D eigenvalue weighted by Gasteiger charge is 2.17. The van der Waals surface area contributed by atoms with Crippen LogP contribution in [0.1, 0.15) is 5.56 Å². The maximum atomic E-state index is 13.1. The fraction of sp³-hybridized carbons (Fsp3) is 0.0714. The molecule has 0 aliphatic heterocycles. The van der Waals surface area contributed by atoms with E-state index in [1.807, 2.05) is 0 Å². The average molecular weight is 333 g/mol. The van der Waals surface area contributed by atoms with Crippen molar-refractivity contribution in [3.8, 4) is 11.4 Å². The molecule has 23 heavy (non-hydrogen) atoms. The minimum Gasteiger partial charge on any atom is -0.280 e. The van der Waals surface area contributed by atoms with Crippen molar-refractivity contribution in [2.75, 3.05) is 4.72 Å². The third-order valence-electron chi connectivity index (χ3n) is 3.17. The summed E-state index contributed by atoms with van der Waals surface area (Å²) in [6.07, 6.45) is 0. The second kappa shape index (κ2) is 5.76. The Balaban J connectivity index is 1.86. The van der Waals surface area contributed by atoms with E-state index in [-0.39, 0.29) is 4.90 Å². The van der Waals surface area contributed by atoms with Crippen molar-refractivity contribution in [1.82, 2.24) is 20.6 Å². The van der Waals surface area contributed by atoms with Gasteiger partial charge >= 0.3 is 0 Å². The van der Waals surface area contributed by atoms with Crippen molar-refractivity contribution in [3.05, 3.63) is 53.8 Å². The van der Waals surface area contributed by atoms with Crippen molar-refractivity contribution >= 4 is 15.7 Å². The van der Waals surface area contributed by atoms with E-state index in [2.05, 4.69) is 25.3 Å². The SMILES string of the molecule is Cc1cc(F)ccc1S(=O)(=O)Nc1ccc(-c2nn[nH]n2)cc1. The minimum absolute atomic E-state index is 0.0288. The number of halogens is 1. The van der Waals surface area contributed by atoms with Crippen LogP contribution in [0.5, 0.6) is 0 Å². The van der Waals surface area contributed by atoms with Crippen LogP contribution in [0.4, 0.5) is 10.1 Å². The Bertz CT molecular complexity index is 924. The topological polar surface area (TPSA) is 101 Å². The Morgan fingerprint density at radius 1 is 1.13 bits per heavy atom. The number of aromatic amines is 1. The molecule has 1 aromatic heterocycles. The number of aryl methyl sites for hydroxylation is 1. The lowest BCUT2D eigenvalue weighted by Gasteiger charge is -2.10. The number of hydrogen-bond donors (Lipinski definition) is 2. The Morgan fingerprint density at radius 3 is 2.48 bits per heavy atom. The summed E-state index contributed by atoms with van der Waals surface area (Å²) in [5, 5.41) is 13.5. The summed E-state index contributed by atoms with van der Waals surface area (Å²) in [4.78, 5) is 0.0288. The second-order valence-corrected chi connectivity index (χ2v) is 6.48. The van der Waals surface area contributed by atoms with Crippen molar-refractivity contribution < 1.29 is 12.8 Å². The van der Waals surface area contributed by atoms with E-state index in [0.29, 0.717) is 22.6 Å². The van der Waals surface area contributed by atoms with Gasteiger partial charge in [0.1, 0.15) is 5.82 Å². The van der Waals surface area contributed by atoms with E-state index in [0.717, 1.165) is 6.07 Å². The lowest BCUT2D eigenvalue weighted by Crippen LogP contribution is -2.14. The molecule has 0 amide bonds. The summed E-state index contributed by atoms with van der Waals surface area (Å²) in [6, 6.07) is 10.0. The average Bonchev–Trinajstić information content (AvgIpc) is 3.01. The Hall–Kier alpha value is -2.81. The van der Waals surface area contributed by atoms with Crippen LogP contribution < -0.4 is 4.72 Å². The number of rotatable bonds is 4. The van der Waals surface area contributed by atoms with Crippen molar-refractivity contribution in [2.45, 2.75) is 11.8 Å². The molecule has 0 fully saturated rings. The second-order valence-electron chi connectivity index (χ2n) is 4.83. The van der Waals surface area contributed by atoms with Gasteiger partial charge in [0.15, 0.2) is 0 Å². The Kier molecular flexibility index (Phi) is 3.78. The van der Waals surface area contributed by atoms with Gasteiger partial charge in [-0.1, -0.05) is 0 Å². The van der Waals surface area contributed by atoms with E-state index < -0.39 is 15.8 Å². The van der Waals surface area contributed by atoms with Gasteiger partial charge in [0.05, 0.1) is 4.90 Å². The van der Waals surface area contributed by atoms with Crippen molar-refractivity contribution in [2.24, 2.45) is 0 Å². The monoisotopic (exact) mass is 333 g/mol. The van der Waals surface area contributed by atoms with Crippen LogP contribution in [-0.2, 0) is 10.0 Å². The van der Waals surface area contributed by atoms with Crippen LogP contribution in [0, 0.1) is 12.7 Å². The largest absolute Gasteiger partial charge is 0.280 e. The smallest absolute Gasteiger partial charge is 0.262 e. The molecule has 9 heteroatoms. The first-order valence-electron chi connectivity index (χ1n) is 6.58. The standard InChI is InChI=1S/C14H12FN5O2S/c1-9-8-11(15)4-7-13(9)23(21,22)18-12-5-2-10(3-6-12)14-16-19-20-17-14/h2-8,18H,1H3,(H,16,17,19,20). The molecule has 7 nitrogen and oxygen atoms in total. The van der Waals surface area contributed by atoms with Gasteiger partial charge in [-0.2, -0.15) is 5.21 Å². The van der Waals surface area contributed by atoms with Gasteiger partial charge in [-0.15, -0.1) is 10.2 Å². The number of benzene rings is 2. The normalized spacial score (nSPS) is 11.4. The summed E-state index contributed by atoms with van der Waals surface area (Å²) in [7, 11) is -3.79. The minimum atomic E-state index is -3.79. The zero-order valence-corrected chi connectivity index (χ0v) is 12.8. The zero-order chi connectivity index (χ0) is 16.4. The number of H-pyrrole nitrogens is 1. The van der Waals surface area contributed by atoms with Crippen molar-refractivity contribution in [1.29, 1.82) is 0 Å². The van der Waals surface area contributed by atoms with E-state index in [9.17, 15) is 12.8 Å². The number of tetrazole rings is 1. The van der Waals surface area contributed by atoms with E-state index in [4.69, 9.17) is 0 Å². The van der Waals surface area contributed by atoms with Crippen LogP contribution >= 0.6 is 0 Å². The molecule has 3 aromatic rings. The number of sulfonamides is 1. The fourth-order valence-electron chi connectivity index (χ4n) is 2.10. The van der Waals surface area contributed by atoms with Gasteiger partial charge in [0, 0.05) is 11.3 Å². The summed E-state index contributed by atoms with van der Waals surface area (Å²) >= 11 is 0. The highest BCUT2D eigenvalue weighted by Crippen LogP contribution is 2.22. The molecule has 118 valence electrons. The van der Waals surface area contributed by atoms with Gasteiger partial charge in [0.2, 0.25) is 5.82 Å². The van der Waals surface area contributed by atoms with Gasteiger partial charge in [-0.3, -0.25) is 4.72 Å². The first kappa shape index (κ1) is 15.1. The fourth-order valence-corrected chi connectivity index (χ4v) is 3.38. The van der Waals surface area contributed by atoms with Gasteiger partial charge in [0.25, 0.3) is 10.0 Å². The summed E-state index contributed by atoms with van der Waals surface area (Å²) in [5.74, 6) is -0.0697. The molecule has 1 heterocycles. The molecule has 0 spiro atoms. The molecule has 0 bridgehead atoms. The van der Waals surface area contributed by atoms with E-state index in [1.54, 1.807) is 24.3 Å². The Morgan fingerprint density at radius 2 is 1.87 bits per heavy atom. The van der Waals surface area contributed by atoms with Crippen LogP contribution in [0.2, 0.25) is 0 Å². The van der Waals surface area contributed by atoms with Gasteiger partial charge in [-0.05, 0) is 60.2 Å². The third kappa shape index (κ3) is 3.19. The number of nitrogens with zero attached hydrogens (tertiary/aromatic N) is 3. The first-order chi connectivity index (χ1) is 11.0. The molecule has 0 aliphatic carbocycles.